The summed E-state index contributed by atoms with van der Waals surface area (Å²) in [6.07, 6.45) is 1.45. The highest BCUT2D eigenvalue weighted by Crippen LogP contribution is 2.32. The second-order valence-electron chi connectivity index (χ2n) is 13.4. The minimum Gasteiger partial charge on any atom is -0.475 e. The van der Waals surface area contributed by atoms with Crippen LogP contribution >= 0.6 is 0 Å². The van der Waals surface area contributed by atoms with Gasteiger partial charge in [-0.2, -0.15) is 4.98 Å². The third kappa shape index (κ3) is 7.64. The second-order valence-corrected chi connectivity index (χ2v) is 15.0. The second kappa shape index (κ2) is 11.4. The van der Waals surface area contributed by atoms with Crippen molar-refractivity contribution in [2.75, 3.05) is 17.9 Å². The maximum absolute atomic E-state index is 14.1. The summed E-state index contributed by atoms with van der Waals surface area (Å²) < 4.78 is 35.8. The fourth-order valence-electron chi connectivity index (χ4n) is 5.09. The van der Waals surface area contributed by atoms with Crippen LogP contribution in [0.4, 0.5) is 5.95 Å². The molecule has 0 saturated heterocycles. The monoisotopic (exact) mass is 578 g/mol. The van der Waals surface area contributed by atoms with Crippen LogP contribution in [0.5, 0.6) is 5.88 Å². The predicted octanol–water partition coefficient (Wildman–Crippen LogP) is 6.64. The number of aromatic nitrogens is 2. The molecule has 0 fully saturated rings. The number of fused-ring (bicyclic) bond motifs is 4. The number of amides is 1. The number of sulfonamides is 1. The highest BCUT2D eigenvalue weighted by molar-refractivity contribution is 7.92. The van der Waals surface area contributed by atoms with Crippen molar-refractivity contribution >= 4 is 21.9 Å². The first kappa shape index (κ1) is 30.5. The van der Waals surface area contributed by atoms with E-state index in [0.29, 0.717) is 24.2 Å². The Labute approximate surface area is 244 Å². The van der Waals surface area contributed by atoms with Crippen LogP contribution in [0.3, 0.4) is 0 Å². The Hall–Kier alpha value is -3.46. The van der Waals surface area contributed by atoms with Crippen molar-refractivity contribution in [3.63, 3.8) is 0 Å². The van der Waals surface area contributed by atoms with Gasteiger partial charge in [0, 0.05) is 23.7 Å². The maximum atomic E-state index is 14.1. The summed E-state index contributed by atoms with van der Waals surface area (Å²) in [6, 6.07) is 13.6. The molecule has 1 aromatic heterocycles. The first-order chi connectivity index (χ1) is 19.0. The van der Waals surface area contributed by atoms with Gasteiger partial charge in [-0.05, 0) is 66.8 Å². The van der Waals surface area contributed by atoms with E-state index in [-0.39, 0.29) is 46.1 Å². The number of nitrogens with one attached hydrogen (secondary N) is 1. The van der Waals surface area contributed by atoms with Crippen LogP contribution in [0.1, 0.15) is 75.9 Å². The molecule has 2 heterocycles. The zero-order valence-electron chi connectivity index (χ0n) is 25.4. The fraction of sp³-hybridized carbons (Fsp3) is 0.469. The van der Waals surface area contributed by atoms with Crippen LogP contribution < -0.4 is 9.46 Å². The van der Waals surface area contributed by atoms with Crippen LogP contribution in [0, 0.1) is 24.7 Å². The molecular weight excluding hydrogens is 536 g/mol. The Morgan fingerprint density at radius 1 is 0.951 bits per heavy atom. The summed E-state index contributed by atoms with van der Waals surface area (Å²) in [4.78, 5) is 24.9. The molecule has 1 N–H and O–H groups in total. The molecule has 1 unspecified atom stereocenters. The van der Waals surface area contributed by atoms with E-state index in [1.807, 2.05) is 36.9 Å². The van der Waals surface area contributed by atoms with Crippen LogP contribution in [0.2, 0.25) is 0 Å². The van der Waals surface area contributed by atoms with Gasteiger partial charge in [-0.1, -0.05) is 65.8 Å². The molecule has 220 valence electrons. The minimum absolute atomic E-state index is 0.00838. The number of ether oxygens (including phenoxy) is 1. The third-order valence-corrected chi connectivity index (χ3v) is 8.46. The molecule has 0 saturated carbocycles. The Balaban J connectivity index is 1.90. The van der Waals surface area contributed by atoms with Gasteiger partial charge in [-0.15, -0.1) is 0 Å². The van der Waals surface area contributed by atoms with Gasteiger partial charge in [-0.25, -0.2) is 18.1 Å². The first-order valence-corrected chi connectivity index (χ1v) is 15.5. The van der Waals surface area contributed by atoms with E-state index in [2.05, 4.69) is 56.2 Å². The van der Waals surface area contributed by atoms with E-state index in [1.165, 1.54) is 12.1 Å². The number of nitrogens with zero attached hydrogens (tertiary/aromatic N) is 3. The van der Waals surface area contributed by atoms with Crippen LogP contribution in [-0.2, 0) is 10.0 Å². The van der Waals surface area contributed by atoms with Crippen LogP contribution in [-0.4, -0.2) is 48.4 Å². The van der Waals surface area contributed by atoms with E-state index in [0.717, 1.165) is 23.1 Å². The molecule has 1 atom stereocenters. The van der Waals surface area contributed by atoms with E-state index in [1.54, 1.807) is 18.2 Å². The van der Waals surface area contributed by atoms with Crippen LogP contribution in [0.15, 0.2) is 53.4 Å². The Morgan fingerprint density at radius 2 is 1.61 bits per heavy atom. The van der Waals surface area contributed by atoms with Crippen molar-refractivity contribution in [1.29, 1.82) is 0 Å². The number of benzene rings is 2. The number of rotatable bonds is 4. The lowest BCUT2D eigenvalue weighted by Crippen LogP contribution is -2.46. The van der Waals surface area contributed by atoms with Gasteiger partial charge in [0.2, 0.25) is 11.8 Å². The summed E-state index contributed by atoms with van der Waals surface area (Å²) >= 11 is 0. The summed E-state index contributed by atoms with van der Waals surface area (Å²) in [7, 11) is -4.10. The highest BCUT2D eigenvalue weighted by atomic mass is 32.2. The topological polar surface area (TPSA) is 101 Å². The first-order valence-electron chi connectivity index (χ1n) is 14.0. The number of aryl methyl sites for hydroxylation is 2. The van der Waals surface area contributed by atoms with Crippen LogP contribution in [0.25, 0.3) is 11.3 Å². The smallest absolute Gasteiger partial charge is 0.264 e. The van der Waals surface area contributed by atoms with Gasteiger partial charge in [0.15, 0.2) is 0 Å². The Kier molecular flexibility index (Phi) is 8.50. The lowest BCUT2D eigenvalue weighted by molar-refractivity contribution is 0.0506. The molecular formula is C32H42N4O4S. The number of hydrogen-bond acceptors (Lipinski definition) is 6. The molecule has 0 aliphatic carbocycles. The summed E-state index contributed by atoms with van der Waals surface area (Å²) in [6.45, 7) is 17.5. The molecule has 4 rings (SSSR count). The molecule has 1 aliphatic rings. The molecule has 9 heteroatoms. The van der Waals surface area contributed by atoms with Gasteiger partial charge in [0.1, 0.15) is 6.61 Å². The number of carbonyl (C=O) groups is 1. The number of carbonyl (C=O) groups excluding carboxylic acids is 1. The fourth-order valence-corrected chi connectivity index (χ4v) is 6.08. The van der Waals surface area contributed by atoms with Gasteiger partial charge < -0.3 is 9.64 Å². The summed E-state index contributed by atoms with van der Waals surface area (Å²) in [5.74, 6) is -0.0751. The van der Waals surface area contributed by atoms with Crippen molar-refractivity contribution in [1.82, 2.24) is 14.9 Å². The molecule has 41 heavy (non-hydrogen) atoms. The number of anilines is 1. The molecule has 2 aromatic carbocycles. The lowest BCUT2D eigenvalue weighted by atomic mass is 9.86. The zero-order valence-corrected chi connectivity index (χ0v) is 26.2. The van der Waals surface area contributed by atoms with Crippen molar-refractivity contribution < 1.29 is 17.9 Å². The largest absolute Gasteiger partial charge is 0.475 e. The third-order valence-electron chi connectivity index (χ3n) is 7.13. The van der Waals surface area contributed by atoms with Crippen molar-refractivity contribution in [2.24, 2.45) is 10.8 Å². The molecule has 8 nitrogen and oxygen atoms in total. The molecule has 4 bridgehead atoms. The molecule has 1 amide bonds. The van der Waals surface area contributed by atoms with Crippen molar-refractivity contribution in [2.45, 2.75) is 79.2 Å². The molecule has 3 aromatic rings. The average Bonchev–Trinajstić information content (AvgIpc) is 2.85. The lowest BCUT2D eigenvalue weighted by Gasteiger charge is -2.37. The molecule has 0 radical (unpaired) electrons. The van der Waals surface area contributed by atoms with Gasteiger partial charge >= 0.3 is 0 Å². The van der Waals surface area contributed by atoms with Gasteiger partial charge in [-0.3, -0.25) is 4.79 Å². The quantitative estimate of drug-likeness (QED) is 0.373. The summed E-state index contributed by atoms with van der Waals surface area (Å²) in [5.41, 5.74) is 3.64. The van der Waals surface area contributed by atoms with E-state index in [9.17, 15) is 13.2 Å². The van der Waals surface area contributed by atoms with E-state index in [4.69, 9.17) is 4.74 Å². The predicted molar refractivity (Wildman–Crippen MR) is 163 cm³/mol. The zero-order chi connectivity index (χ0) is 30.2. The Bertz CT molecular complexity index is 1520. The van der Waals surface area contributed by atoms with Gasteiger partial charge in [0.25, 0.3) is 15.9 Å². The summed E-state index contributed by atoms with van der Waals surface area (Å²) in [5, 5.41) is 0. The van der Waals surface area contributed by atoms with E-state index < -0.39 is 10.0 Å². The standard InChI is InChI=1S/C32H42N4O4S/c1-21-11-9-12-22(2)28(21)26-18-27-34-30(33-26)35-41(38,39)25-14-10-13-23(17-25)29(37)36(16-15-31(3,4)5)24(20-40-27)19-32(6,7)8/h9-14,17-18,24H,15-16,19-20H2,1-8H3,(H,33,34,35). The average molecular weight is 579 g/mol. The van der Waals surface area contributed by atoms with E-state index >= 15 is 0 Å². The normalized spacial score (nSPS) is 17.5. The van der Waals surface area contributed by atoms with Crippen molar-refractivity contribution in [3.8, 4) is 17.1 Å². The highest BCUT2D eigenvalue weighted by Gasteiger charge is 2.32. The minimum atomic E-state index is -4.10. The number of hydrogen-bond donors (Lipinski definition) is 1. The van der Waals surface area contributed by atoms with Crippen molar-refractivity contribution in [3.05, 3.63) is 65.2 Å². The molecule has 1 aliphatic heterocycles. The Morgan fingerprint density at radius 3 is 2.24 bits per heavy atom. The van der Waals surface area contributed by atoms with Gasteiger partial charge in [0.05, 0.1) is 16.6 Å². The molecule has 0 spiro atoms. The SMILES string of the molecule is Cc1cccc(C)c1-c1cc2nc(n1)NS(=O)(=O)c1cccc(c1)C(=O)N(CCC(C)(C)C)C(CC(C)(C)C)CO2. The maximum Gasteiger partial charge on any atom is 0.264 e.